The zero-order valence-electron chi connectivity index (χ0n) is 65.4. The number of carbonyl (C=O) groups excluding carboxylic acids is 7. The molecule has 4 saturated heterocycles. The molecule has 3 atom stereocenters. The first-order valence-corrected chi connectivity index (χ1v) is 41.1. The van der Waals surface area contributed by atoms with Crippen molar-refractivity contribution < 1.29 is 60.9 Å². The lowest BCUT2D eigenvalue weighted by Gasteiger charge is -2.61. The van der Waals surface area contributed by atoms with Crippen LogP contribution < -0.4 is 34.6 Å². The van der Waals surface area contributed by atoms with Crippen LogP contribution in [0.2, 0.25) is 0 Å². The smallest absolute Gasteiger partial charge is 0.258 e. The van der Waals surface area contributed by atoms with Crippen LogP contribution >= 0.6 is 11.6 Å². The summed E-state index contributed by atoms with van der Waals surface area (Å²) >= 11 is 5.82. The highest BCUT2D eigenvalue weighted by Crippen LogP contribution is 2.58. The van der Waals surface area contributed by atoms with E-state index >= 15 is 0 Å². The fraction of sp³-hybridized carbons (Fsp3) is 0.500. The number of ether oxygens (including phenoxy) is 4. The normalized spacial score (nSPS) is 24.2. The number of anilines is 2. The van der Waals surface area contributed by atoms with Gasteiger partial charge in [-0.05, 0) is 186 Å². The highest BCUT2D eigenvalue weighted by Gasteiger charge is 2.58. The van der Waals surface area contributed by atoms with E-state index in [1.807, 2.05) is 83.5 Å². The lowest BCUT2D eigenvalue weighted by Crippen LogP contribution is -2.64. The Morgan fingerprint density at radius 3 is 1.78 bits per heavy atom. The molecule has 3 unspecified atom stereocenters. The van der Waals surface area contributed by atoms with E-state index in [1.54, 1.807) is 45.1 Å². The summed E-state index contributed by atoms with van der Waals surface area (Å²) in [5, 5.41) is 12.1. The maximum atomic E-state index is 12.4. The maximum Gasteiger partial charge on any atom is 0.258 e. The first-order chi connectivity index (χ1) is 53.2. The van der Waals surface area contributed by atoms with Gasteiger partial charge in [-0.1, -0.05) is 103 Å². The minimum atomic E-state index is -3.31. The number of hydrogen-bond donors (Lipinski definition) is 2. The summed E-state index contributed by atoms with van der Waals surface area (Å²) in [6.45, 7) is 36.9. The molecule has 113 heavy (non-hydrogen) atoms. The first-order valence-electron chi connectivity index (χ1n) is 38.6. The Morgan fingerprint density at radius 2 is 1.27 bits per heavy atom. The summed E-state index contributed by atoms with van der Waals surface area (Å²) in [5.74, 6) is 5.00. The predicted octanol–water partition coefficient (Wildman–Crippen LogP) is 12.4. The first kappa shape index (κ1) is 89.2. The van der Waals surface area contributed by atoms with Gasteiger partial charge in [0.05, 0.1) is 62.4 Å². The van der Waals surface area contributed by atoms with Crippen molar-refractivity contribution in [3.05, 3.63) is 183 Å². The molecule has 6 heterocycles. The molecule has 0 radical (unpaired) electrons. The maximum absolute atomic E-state index is 12.4. The Hall–Kier alpha value is -9.36. The van der Waals surface area contributed by atoms with Gasteiger partial charge in [0.2, 0.25) is 23.6 Å². The van der Waals surface area contributed by atoms with E-state index in [0.717, 1.165) is 130 Å². The van der Waals surface area contributed by atoms with Gasteiger partial charge in [-0.25, -0.2) is 13.4 Å². The summed E-state index contributed by atoms with van der Waals surface area (Å²) in [4.78, 5) is 93.2. The largest absolute Gasteiger partial charge is 0.493 e. The third-order valence-corrected chi connectivity index (χ3v) is 25.0. The van der Waals surface area contributed by atoms with Gasteiger partial charge in [0.15, 0.2) is 27.1 Å². The average Bonchev–Trinajstić information content (AvgIpc) is 1.73. The topological polar surface area (TPSA) is 250 Å². The number of halogens is 1. The molecule has 12 aliphatic rings. The minimum Gasteiger partial charge on any atom is -0.493 e. The van der Waals surface area contributed by atoms with Crippen LogP contribution in [-0.2, 0) is 43.3 Å². The molecule has 6 amide bonds. The average molecular weight is 1590 g/mol. The Kier molecular flexibility index (Phi) is 31.6. The molecule has 0 aromatic heterocycles. The number of nitrogens with one attached hydrogen (secondary N) is 2. The quantitative estimate of drug-likeness (QED) is 0.0431. The van der Waals surface area contributed by atoms with Crippen LogP contribution in [-0.4, -0.2) is 215 Å². The number of fused-ring (bicyclic) bond motifs is 3. The molecule has 4 aromatic rings. The number of carbonyl (C=O) groups is 7. The number of benzene rings is 4. The molecule has 2 N–H and O–H groups in total. The molecule has 25 heteroatoms. The minimum absolute atomic E-state index is 0. The van der Waals surface area contributed by atoms with Crippen molar-refractivity contribution in [2.45, 2.75) is 147 Å². The Bertz CT molecular complexity index is 4200. The van der Waals surface area contributed by atoms with Crippen molar-refractivity contribution >= 4 is 79.8 Å². The lowest BCUT2D eigenvalue weighted by molar-refractivity contribution is -0.133. The van der Waals surface area contributed by atoms with E-state index in [2.05, 4.69) is 65.0 Å². The number of methoxy groups -OCH3 is 2. The van der Waals surface area contributed by atoms with Gasteiger partial charge in [0, 0.05) is 125 Å². The number of hydrazone groups is 1. The van der Waals surface area contributed by atoms with E-state index in [1.165, 1.54) is 110 Å². The molecule has 6 aliphatic carbocycles. The Labute approximate surface area is 675 Å². The van der Waals surface area contributed by atoms with E-state index < -0.39 is 9.84 Å². The van der Waals surface area contributed by atoms with Gasteiger partial charge in [0.1, 0.15) is 18.2 Å². The molecule has 23 nitrogen and oxygen atoms in total. The number of amides is 6. The van der Waals surface area contributed by atoms with Crippen molar-refractivity contribution in [3.63, 3.8) is 0 Å². The molecule has 6 saturated carbocycles. The van der Waals surface area contributed by atoms with Crippen LogP contribution in [0.1, 0.15) is 139 Å². The van der Waals surface area contributed by atoms with Crippen LogP contribution in [0.5, 0.6) is 17.2 Å². The molecule has 612 valence electrons. The van der Waals surface area contributed by atoms with E-state index in [4.69, 9.17) is 30.5 Å². The SMILES string of the molecule is C.C.C=CC(=C)NC1CC(NC(C)=O)C1.C=CC(=O)N1CC2(CCC2)C2COCC21.C=CC(=O)N1CCN(C23CC4CC(CC(C4)C2)C3)CC1.C=CC(=O)N1CCN(c2ccc(C(C)=O)cc2)CC1.C=CC(=O)N1CCOc2ccc(S(C)(=O)=O)cc21.COc1cccc(C2CC(c3ccc(C)cc3)=NN2C(=O)CCl)c1OC. The number of ketones is 1. The number of allylic oxidation sites excluding steroid dienone is 1. The number of likely N-dealkylation sites (tertiary alicyclic amines) is 1. The van der Waals surface area contributed by atoms with Crippen LogP contribution in [0.15, 0.2) is 170 Å². The molecular formula is C88H119ClN10O13S. The van der Waals surface area contributed by atoms with Gasteiger partial charge in [-0.2, -0.15) is 5.10 Å². The highest BCUT2D eigenvalue weighted by atomic mass is 35.5. The number of hydrogen-bond acceptors (Lipinski definition) is 17. The third-order valence-electron chi connectivity index (χ3n) is 23.7. The van der Waals surface area contributed by atoms with Crippen molar-refractivity contribution in [1.29, 1.82) is 0 Å². The summed E-state index contributed by atoms with van der Waals surface area (Å²) in [6, 6.07) is 26.6. The fourth-order valence-corrected chi connectivity index (χ4v) is 18.9. The monoisotopic (exact) mass is 1590 g/mol. The number of nitrogens with zero attached hydrogens (tertiary/aromatic N) is 8. The van der Waals surface area contributed by atoms with Crippen LogP contribution in [0, 0.1) is 36.0 Å². The standard InChI is InChI=1S/C20H21ClN2O3.C17H26N2O.C15H18N2O2.C12H13NO4S.C12H17NO2.C10H16N2O.2CH4/c1-13-7-9-14(10-8-13)16-11-17(23(22-16)19(24)12-21)15-5-4-6-18(25-2)20(15)26-3;1-2-16(20)18-3-5-19(6-4-18)17-10-13-7-14(11-17)9-15(8-13)12-17;1-3-15(19)17-10-8-16(9-11-17)14-6-4-13(5-7-14)12(2)18;1-3-12(14)13-6-7-17-11-5-4-9(8-10(11)13)18(2,15)16;1-2-11(14)13-8-12(4-3-5-12)9-6-15-7-10(9)13;1-4-7(2)11-9-5-10(6-9)12-8(3)13;;/h4-10,17H,11-12H2,1-3H3;2,13-15H,1,3-12H2;3-7H,1,8-11H2,2H3;3-5,8H,1,6-7H2,2H3;2,9-10H,1,3-8H2;4,9-11H,1-2,5-6H2,3H3,(H,12,13);2*1H4. The van der Waals surface area contributed by atoms with E-state index in [-0.39, 0.29) is 72.9 Å². The molecule has 10 fully saturated rings. The third kappa shape index (κ3) is 21.5. The van der Waals surface area contributed by atoms with Gasteiger partial charge in [-0.3, -0.25) is 38.5 Å². The summed E-state index contributed by atoms with van der Waals surface area (Å²) in [5.41, 5.74) is 7.91. The van der Waals surface area contributed by atoms with Crippen LogP contribution in [0.4, 0.5) is 11.4 Å². The number of sulfone groups is 1. The fourth-order valence-electron chi connectivity index (χ4n) is 18.1. The number of piperazine rings is 2. The Balaban J connectivity index is 0.000000171. The van der Waals surface area contributed by atoms with Crippen LogP contribution in [0.25, 0.3) is 0 Å². The lowest BCUT2D eigenvalue weighted by atomic mass is 9.52. The molecule has 6 aliphatic heterocycles. The second kappa shape index (κ2) is 40.1. The van der Waals surface area contributed by atoms with Crippen molar-refractivity contribution in [2.24, 2.45) is 34.2 Å². The van der Waals surface area contributed by atoms with Crippen molar-refractivity contribution in [3.8, 4) is 17.2 Å². The summed E-state index contributed by atoms with van der Waals surface area (Å²) in [7, 11) is -0.133. The number of aryl methyl sites for hydroxylation is 1. The molecular weight excluding hydrogens is 1470 g/mol. The number of rotatable bonds is 17. The van der Waals surface area contributed by atoms with Gasteiger partial charge >= 0.3 is 0 Å². The van der Waals surface area contributed by atoms with Crippen LogP contribution in [0.3, 0.4) is 0 Å². The molecule has 4 aromatic carbocycles. The number of para-hydroxylation sites is 1. The van der Waals surface area contributed by atoms with Gasteiger partial charge in [0.25, 0.3) is 11.8 Å². The van der Waals surface area contributed by atoms with E-state index in [9.17, 15) is 42.0 Å². The molecule has 16 rings (SSSR count). The molecule has 4 bridgehead atoms. The van der Waals surface area contributed by atoms with Crippen molar-refractivity contribution in [1.82, 2.24) is 35.2 Å². The van der Waals surface area contributed by atoms with E-state index in [0.29, 0.717) is 90.6 Å². The summed E-state index contributed by atoms with van der Waals surface area (Å²) < 4.78 is 44.9. The zero-order valence-corrected chi connectivity index (χ0v) is 67.0. The summed E-state index contributed by atoms with van der Waals surface area (Å²) in [6.07, 6.45) is 23.5. The second-order valence-electron chi connectivity index (χ2n) is 30.8. The van der Waals surface area contributed by atoms with Gasteiger partial charge < -0.3 is 54.1 Å². The highest BCUT2D eigenvalue weighted by molar-refractivity contribution is 7.90. The number of Topliss-reactive ketones (excluding diaryl/α,β-unsaturated/α-hetero) is 1. The predicted molar refractivity (Wildman–Crippen MR) is 447 cm³/mol. The van der Waals surface area contributed by atoms with Crippen molar-refractivity contribution in [2.75, 3.05) is 121 Å². The Morgan fingerprint density at radius 1 is 0.681 bits per heavy atom. The zero-order chi connectivity index (χ0) is 79.9. The second-order valence-corrected chi connectivity index (χ2v) is 33.1. The number of alkyl halides is 1. The molecule has 1 spiro atoms. The van der Waals surface area contributed by atoms with Gasteiger partial charge in [-0.15, -0.1) is 11.6 Å².